The first-order valence-corrected chi connectivity index (χ1v) is 6.94. The smallest absolute Gasteiger partial charge is 0.269 e. The van der Waals surface area contributed by atoms with Crippen LogP contribution in [0.1, 0.15) is 31.6 Å². The van der Waals surface area contributed by atoms with Crippen LogP contribution in [-0.4, -0.2) is 21.6 Å². The molecule has 1 saturated carbocycles. The summed E-state index contributed by atoms with van der Waals surface area (Å²) < 4.78 is 5.40. The van der Waals surface area contributed by atoms with Crippen molar-refractivity contribution in [2.45, 2.75) is 31.1 Å². The Hall–Kier alpha value is -2.28. The number of hydrogen-bond acceptors (Lipinski definition) is 6. The average molecular weight is 288 g/mol. The Labute approximate surface area is 121 Å². The average Bonchev–Trinajstić information content (AvgIpc) is 3.17. The first-order valence-electron chi connectivity index (χ1n) is 6.94. The second-order valence-electron chi connectivity index (χ2n) is 5.42. The van der Waals surface area contributed by atoms with Crippen molar-refractivity contribution in [3.05, 3.63) is 40.3 Å². The van der Waals surface area contributed by atoms with E-state index in [1.54, 1.807) is 12.1 Å². The van der Waals surface area contributed by atoms with Crippen molar-refractivity contribution < 1.29 is 9.45 Å². The lowest BCUT2D eigenvalue weighted by atomic mass is 9.86. The quantitative estimate of drug-likeness (QED) is 0.683. The van der Waals surface area contributed by atoms with Crippen molar-refractivity contribution >= 4 is 5.69 Å². The Morgan fingerprint density at radius 3 is 2.52 bits per heavy atom. The highest BCUT2D eigenvalue weighted by Crippen LogP contribution is 2.39. The molecule has 2 aromatic rings. The predicted octanol–water partition coefficient (Wildman–Crippen LogP) is 2.42. The molecule has 3 rings (SSSR count). The molecular formula is C14H16N4O3. The van der Waals surface area contributed by atoms with E-state index in [4.69, 9.17) is 10.3 Å². The third-order valence-electron chi connectivity index (χ3n) is 4.17. The maximum absolute atomic E-state index is 10.6. The lowest BCUT2D eigenvalue weighted by Gasteiger charge is -2.21. The number of nitro groups is 1. The molecule has 1 aromatic carbocycles. The van der Waals surface area contributed by atoms with Gasteiger partial charge in [0.05, 0.1) is 10.3 Å². The fraction of sp³-hybridized carbons (Fsp3) is 0.429. The summed E-state index contributed by atoms with van der Waals surface area (Å²) in [6.07, 6.45) is 4.16. The summed E-state index contributed by atoms with van der Waals surface area (Å²) in [7, 11) is 0. The summed E-state index contributed by atoms with van der Waals surface area (Å²) in [6, 6.07) is 6.10. The van der Waals surface area contributed by atoms with Crippen LogP contribution in [0.3, 0.4) is 0 Å². The largest absolute Gasteiger partial charge is 0.338 e. The highest BCUT2D eigenvalue weighted by atomic mass is 16.6. The Morgan fingerprint density at radius 1 is 1.29 bits per heavy atom. The Bertz CT molecular complexity index is 644. The molecular weight excluding hydrogens is 272 g/mol. The van der Waals surface area contributed by atoms with E-state index in [-0.39, 0.29) is 11.1 Å². The van der Waals surface area contributed by atoms with E-state index in [1.165, 1.54) is 12.1 Å². The number of aromatic nitrogens is 2. The standard InChI is InChI=1S/C14H16N4O3/c15-9-14(7-1-2-8-14)13-16-12(17-21-13)10-3-5-11(6-4-10)18(19)20/h3-6H,1-2,7-9,15H2. The van der Waals surface area contributed by atoms with Crippen molar-refractivity contribution in [2.75, 3.05) is 6.54 Å². The summed E-state index contributed by atoms with van der Waals surface area (Å²) in [5, 5.41) is 14.6. The number of non-ortho nitro benzene ring substituents is 1. The molecule has 1 aromatic heterocycles. The third-order valence-corrected chi connectivity index (χ3v) is 4.17. The van der Waals surface area contributed by atoms with Crippen molar-refractivity contribution in [3.63, 3.8) is 0 Å². The summed E-state index contributed by atoms with van der Waals surface area (Å²) >= 11 is 0. The molecule has 0 radical (unpaired) electrons. The van der Waals surface area contributed by atoms with E-state index in [0.29, 0.717) is 23.8 Å². The number of benzene rings is 1. The van der Waals surface area contributed by atoms with Crippen LogP contribution < -0.4 is 5.73 Å². The van der Waals surface area contributed by atoms with Crippen molar-refractivity contribution in [1.29, 1.82) is 0 Å². The van der Waals surface area contributed by atoms with Crippen LogP contribution in [0.15, 0.2) is 28.8 Å². The van der Waals surface area contributed by atoms with Crippen LogP contribution in [-0.2, 0) is 5.41 Å². The van der Waals surface area contributed by atoms with Gasteiger partial charge in [-0.1, -0.05) is 18.0 Å². The molecule has 1 fully saturated rings. The number of hydrogen-bond donors (Lipinski definition) is 1. The monoisotopic (exact) mass is 288 g/mol. The van der Waals surface area contributed by atoms with Crippen molar-refractivity contribution in [1.82, 2.24) is 10.1 Å². The number of nitrogens with two attached hydrogens (primary N) is 1. The van der Waals surface area contributed by atoms with Crippen LogP contribution in [0.4, 0.5) is 5.69 Å². The molecule has 0 aliphatic heterocycles. The van der Waals surface area contributed by atoms with Gasteiger partial charge in [-0.25, -0.2) is 0 Å². The molecule has 2 N–H and O–H groups in total. The summed E-state index contributed by atoms with van der Waals surface area (Å²) in [5.41, 5.74) is 6.43. The zero-order valence-electron chi connectivity index (χ0n) is 11.5. The van der Waals surface area contributed by atoms with E-state index < -0.39 is 4.92 Å². The van der Waals surface area contributed by atoms with Crippen LogP contribution in [0.5, 0.6) is 0 Å². The zero-order chi connectivity index (χ0) is 14.9. The van der Waals surface area contributed by atoms with E-state index >= 15 is 0 Å². The van der Waals surface area contributed by atoms with Crippen LogP contribution in [0.25, 0.3) is 11.4 Å². The van der Waals surface area contributed by atoms with Crippen LogP contribution in [0.2, 0.25) is 0 Å². The molecule has 0 amide bonds. The second-order valence-corrected chi connectivity index (χ2v) is 5.42. The molecule has 0 unspecified atom stereocenters. The molecule has 7 nitrogen and oxygen atoms in total. The predicted molar refractivity (Wildman–Crippen MR) is 75.6 cm³/mol. The second kappa shape index (κ2) is 5.25. The molecule has 0 atom stereocenters. The van der Waals surface area contributed by atoms with Gasteiger partial charge in [-0.2, -0.15) is 4.98 Å². The van der Waals surface area contributed by atoms with Crippen LogP contribution in [0, 0.1) is 10.1 Å². The van der Waals surface area contributed by atoms with Gasteiger partial charge in [-0.15, -0.1) is 0 Å². The third kappa shape index (κ3) is 2.40. The zero-order valence-corrected chi connectivity index (χ0v) is 11.5. The Balaban J connectivity index is 1.89. The highest BCUT2D eigenvalue weighted by Gasteiger charge is 2.39. The molecule has 110 valence electrons. The molecule has 0 spiro atoms. The molecule has 7 heteroatoms. The first kappa shape index (κ1) is 13.7. The Kier molecular flexibility index (Phi) is 3.42. The number of nitro benzene ring substituents is 1. The van der Waals surface area contributed by atoms with Crippen molar-refractivity contribution in [3.8, 4) is 11.4 Å². The Morgan fingerprint density at radius 2 is 1.95 bits per heavy atom. The topological polar surface area (TPSA) is 108 Å². The minimum atomic E-state index is -0.437. The van der Waals surface area contributed by atoms with Gasteiger partial charge in [0.25, 0.3) is 5.69 Å². The molecule has 0 saturated heterocycles. The molecule has 1 aliphatic rings. The molecule has 0 bridgehead atoms. The number of rotatable bonds is 4. The maximum atomic E-state index is 10.6. The fourth-order valence-corrected chi connectivity index (χ4v) is 2.85. The van der Waals surface area contributed by atoms with E-state index in [0.717, 1.165) is 25.7 Å². The first-order chi connectivity index (χ1) is 10.1. The normalized spacial score (nSPS) is 17.0. The summed E-state index contributed by atoms with van der Waals surface area (Å²) in [4.78, 5) is 14.7. The lowest BCUT2D eigenvalue weighted by Crippen LogP contribution is -2.32. The van der Waals surface area contributed by atoms with Gasteiger partial charge in [-0.05, 0) is 25.0 Å². The van der Waals surface area contributed by atoms with E-state index in [9.17, 15) is 10.1 Å². The van der Waals surface area contributed by atoms with Gasteiger partial charge in [0.2, 0.25) is 11.7 Å². The van der Waals surface area contributed by atoms with Gasteiger partial charge < -0.3 is 10.3 Å². The van der Waals surface area contributed by atoms with E-state index in [1.807, 2.05) is 0 Å². The van der Waals surface area contributed by atoms with Crippen molar-refractivity contribution in [2.24, 2.45) is 5.73 Å². The molecule has 1 heterocycles. The summed E-state index contributed by atoms with van der Waals surface area (Å²) in [6.45, 7) is 0.495. The maximum Gasteiger partial charge on any atom is 0.269 e. The van der Waals surface area contributed by atoms with Gasteiger partial charge in [-0.3, -0.25) is 10.1 Å². The van der Waals surface area contributed by atoms with Gasteiger partial charge in [0.1, 0.15) is 0 Å². The molecule has 21 heavy (non-hydrogen) atoms. The fourth-order valence-electron chi connectivity index (χ4n) is 2.85. The minimum absolute atomic E-state index is 0.0386. The van der Waals surface area contributed by atoms with Gasteiger partial charge in [0, 0.05) is 24.2 Å². The summed E-state index contributed by atoms with van der Waals surface area (Å²) in [5.74, 6) is 1.02. The highest BCUT2D eigenvalue weighted by molar-refractivity contribution is 5.56. The van der Waals surface area contributed by atoms with Gasteiger partial charge >= 0.3 is 0 Å². The minimum Gasteiger partial charge on any atom is -0.338 e. The van der Waals surface area contributed by atoms with Gasteiger partial charge in [0.15, 0.2) is 0 Å². The SMILES string of the molecule is NCC1(c2nc(-c3ccc([N+](=O)[O-])cc3)no2)CCCC1. The van der Waals surface area contributed by atoms with E-state index in [2.05, 4.69) is 10.1 Å². The lowest BCUT2D eigenvalue weighted by molar-refractivity contribution is -0.384. The molecule has 1 aliphatic carbocycles. The number of nitrogens with zero attached hydrogens (tertiary/aromatic N) is 3. The van der Waals surface area contributed by atoms with Crippen LogP contribution >= 0.6 is 0 Å².